The van der Waals surface area contributed by atoms with Gasteiger partial charge in [0.05, 0.1) is 11.4 Å². The highest BCUT2D eigenvalue weighted by Gasteiger charge is 2.35. The van der Waals surface area contributed by atoms with Crippen LogP contribution in [0.2, 0.25) is 0 Å². The Morgan fingerprint density at radius 3 is 2.88 bits per heavy atom. The molecule has 0 aliphatic carbocycles. The summed E-state index contributed by atoms with van der Waals surface area (Å²) < 4.78 is 1.93. The van der Waals surface area contributed by atoms with E-state index >= 15 is 0 Å². The van der Waals surface area contributed by atoms with Gasteiger partial charge in [-0.25, -0.2) is 0 Å². The summed E-state index contributed by atoms with van der Waals surface area (Å²) in [6.07, 6.45) is 4.90. The number of rotatable bonds is 1. The van der Waals surface area contributed by atoms with Crippen LogP contribution in [0.4, 0.5) is 5.69 Å². The van der Waals surface area contributed by atoms with E-state index in [1.165, 1.54) is 38.2 Å². The zero-order valence-corrected chi connectivity index (χ0v) is 11.1. The van der Waals surface area contributed by atoms with Gasteiger partial charge in [0, 0.05) is 38.4 Å². The molecule has 0 saturated carbocycles. The summed E-state index contributed by atoms with van der Waals surface area (Å²) in [6.45, 7) is 8.13. The van der Waals surface area contributed by atoms with Gasteiger partial charge in [-0.1, -0.05) is 0 Å². The fraction of sp³-hybridized carbons (Fsp3) is 0.769. The lowest BCUT2D eigenvalue weighted by Gasteiger charge is -2.43. The summed E-state index contributed by atoms with van der Waals surface area (Å²) in [6, 6.07) is 1.37. The lowest BCUT2D eigenvalue weighted by molar-refractivity contribution is 0.203. The molecular formula is C13H22N4. The lowest BCUT2D eigenvalue weighted by atomic mass is 10.1. The molecule has 17 heavy (non-hydrogen) atoms. The van der Waals surface area contributed by atoms with Crippen molar-refractivity contribution in [3.63, 3.8) is 0 Å². The van der Waals surface area contributed by atoms with Gasteiger partial charge in [-0.3, -0.25) is 9.58 Å². The molecule has 4 heteroatoms. The van der Waals surface area contributed by atoms with Gasteiger partial charge in [-0.05, 0) is 33.2 Å². The predicted octanol–water partition coefficient (Wildman–Crippen LogP) is 1.40. The monoisotopic (exact) mass is 234 g/mol. The van der Waals surface area contributed by atoms with E-state index in [0.29, 0.717) is 6.04 Å². The summed E-state index contributed by atoms with van der Waals surface area (Å²) >= 11 is 0. The maximum absolute atomic E-state index is 4.47. The van der Waals surface area contributed by atoms with Gasteiger partial charge >= 0.3 is 0 Å². The second-order valence-corrected chi connectivity index (χ2v) is 5.57. The minimum Gasteiger partial charge on any atom is -0.363 e. The fourth-order valence-electron chi connectivity index (χ4n) is 3.39. The Kier molecular flexibility index (Phi) is 2.62. The normalized spacial score (nSPS) is 29.7. The first-order chi connectivity index (χ1) is 8.15. The Labute approximate surface area is 103 Å². The minimum atomic E-state index is 0.604. The van der Waals surface area contributed by atoms with Crippen LogP contribution in [0.25, 0.3) is 0 Å². The molecule has 2 aliphatic rings. The molecule has 2 fully saturated rings. The molecule has 1 aromatic rings. The highest BCUT2D eigenvalue weighted by molar-refractivity contribution is 5.50. The minimum absolute atomic E-state index is 0.604. The molecule has 2 unspecified atom stereocenters. The van der Waals surface area contributed by atoms with E-state index in [4.69, 9.17) is 0 Å². The molecule has 0 spiro atoms. The molecule has 1 aromatic heterocycles. The topological polar surface area (TPSA) is 24.3 Å². The smallest absolute Gasteiger partial charge is 0.0827 e. The molecule has 2 atom stereocenters. The third kappa shape index (κ3) is 1.84. The number of nitrogens with zero attached hydrogens (tertiary/aromatic N) is 4. The van der Waals surface area contributed by atoms with Crippen molar-refractivity contribution in [3.05, 3.63) is 11.9 Å². The quantitative estimate of drug-likeness (QED) is 0.734. The van der Waals surface area contributed by atoms with Crippen LogP contribution in [-0.2, 0) is 7.05 Å². The number of hydrogen-bond donors (Lipinski definition) is 0. The van der Waals surface area contributed by atoms with Crippen LogP contribution in [-0.4, -0.2) is 46.4 Å². The van der Waals surface area contributed by atoms with Gasteiger partial charge in [0.2, 0.25) is 0 Å². The SMILES string of the molecule is Cc1nn(C)cc1N1CC2CCCN2CC1C. The van der Waals surface area contributed by atoms with E-state index in [-0.39, 0.29) is 0 Å². The van der Waals surface area contributed by atoms with E-state index in [9.17, 15) is 0 Å². The van der Waals surface area contributed by atoms with Crippen LogP contribution in [0.15, 0.2) is 6.20 Å². The van der Waals surface area contributed by atoms with Gasteiger partial charge in [-0.15, -0.1) is 0 Å². The maximum atomic E-state index is 4.47. The molecule has 3 rings (SSSR count). The average molecular weight is 234 g/mol. The Hall–Kier alpha value is -1.03. The van der Waals surface area contributed by atoms with Crippen molar-refractivity contribution in [3.8, 4) is 0 Å². The molecule has 0 aromatic carbocycles. The number of aromatic nitrogens is 2. The molecule has 94 valence electrons. The Bertz CT molecular complexity index is 412. The third-order valence-corrected chi connectivity index (χ3v) is 4.23. The van der Waals surface area contributed by atoms with E-state index in [1.807, 2.05) is 11.7 Å². The van der Waals surface area contributed by atoms with Crippen LogP contribution >= 0.6 is 0 Å². The molecule has 2 saturated heterocycles. The summed E-state index contributed by atoms with van der Waals surface area (Å²) in [7, 11) is 2.01. The van der Waals surface area contributed by atoms with Crippen molar-refractivity contribution in [2.24, 2.45) is 7.05 Å². The molecule has 0 N–H and O–H groups in total. The van der Waals surface area contributed by atoms with Gasteiger partial charge in [-0.2, -0.15) is 5.10 Å². The molecular weight excluding hydrogens is 212 g/mol. The second-order valence-electron chi connectivity index (χ2n) is 5.57. The first kappa shape index (κ1) is 11.1. The van der Waals surface area contributed by atoms with Gasteiger partial charge < -0.3 is 4.90 Å². The van der Waals surface area contributed by atoms with Crippen molar-refractivity contribution in [2.45, 2.75) is 38.8 Å². The number of aryl methyl sites for hydroxylation is 2. The largest absolute Gasteiger partial charge is 0.363 e. The van der Waals surface area contributed by atoms with Crippen LogP contribution in [0.1, 0.15) is 25.5 Å². The lowest BCUT2D eigenvalue weighted by Crippen LogP contribution is -2.55. The summed E-state index contributed by atoms with van der Waals surface area (Å²) in [5.41, 5.74) is 2.48. The molecule has 2 aliphatic heterocycles. The number of piperazine rings is 1. The van der Waals surface area contributed by atoms with Crippen molar-refractivity contribution in [1.29, 1.82) is 0 Å². The van der Waals surface area contributed by atoms with E-state index in [0.717, 1.165) is 11.7 Å². The zero-order chi connectivity index (χ0) is 12.0. The fourth-order valence-corrected chi connectivity index (χ4v) is 3.39. The van der Waals surface area contributed by atoms with Crippen molar-refractivity contribution in [2.75, 3.05) is 24.5 Å². The molecule has 4 nitrogen and oxygen atoms in total. The standard InChI is InChI=1S/C13H22N4/c1-10-7-16-6-4-5-12(16)8-17(10)13-9-15(3)14-11(13)2/h9-10,12H,4-8H2,1-3H3. The van der Waals surface area contributed by atoms with Crippen LogP contribution in [0, 0.1) is 6.92 Å². The number of fused-ring (bicyclic) bond motifs is 1. The first-order valence-corrected chi connectivity index (χ1v) is 6.66. The van der Waals surface area contributed by atoms with Crippen molar-refractivity contribution in [1.82, 2.24) is 14.7 Å². The summed E-state index contributed by atoms with van der Waals surface area (Å²) in [5.74, 6) is 0. The maximum Gasteiger partial charge on any atom is 0.0827 e. The number of anilines is 1. The van der Waals surface area contributed by atoms with Crippen molar-refractivity contribution >= 4 is 5.69 Å². The van der Waals surface area contributed by atoms with Gasteiger partial charge in [0.25, 0.3) is 0 Å². The molecule has 0 bridgehead atoms. The van der Waals surface area contributed by atoms with Gasteiger partial charge in [0.15, 0.2) is 0 Å². The molecule has 0 amide bonds. The first-order valence-electron chi connectivity index (χ1n) is 6.66. The second kappa shape index (κ2) is 4.02. The summed E-state index contributed by atoms with van der Waals surface area (Å²) in [5, 5.41) is 4.47. The average Bonchev–Trinajstić information content (AvgIpc) is 2.83. The Morgan fingerprint density at radius 1 is 1.35 bits per heavy atom. The van der Waals surface area contributed by atoms with E-state index in [1.54, 1.807) is 0 Å². The third-order valence-electron chi connectivity index (χ3n) is 4.23. The molecule has 3 heterocycles. The van der Waals surface area contributed by atoms with E-state index in [2.05, 4.69) is 34.9 Å². The Morgan fingerprint density at radius 2 is 2.18 bits per heavy atom. The van der Waals surface area contributed by atoms with Crippen LogP contribution < -0.4 is 4.90 Å². The number of hydrogen-bond acceptors (Lipinski definition) is 3. The summed E-state index contributed by atoms with van der Waals surface area (Å²) in [4.78, 5) is 5.21. The van der Waals surface area contributed by atoms with Crippen LogP contribution in [0.5, 0.6) is 0 Å². The van der Waals surface area contributed by atoms with Crippen molar-refractivity contribution < 1.29 is 0 Å². The zero-order valence-electron chi connectivity index (χ0n) is 11.1. The highest BCUT2D eigenvalue weighted by atomic mass is 15.3. The van der Waals surface area contributed by atoms with E-state index < -0.39 is 0 Å². The molecule has 0 radical (unpaired) electrons. The van der Waals surface area contributed by atoms with Crippen LogP contribution in [0.3, 0.4) is 0 Å². The van der Waals surface area contributed by atoms with Gasteiger partial charge in [0.1, 0.15) is 0 Å². The predicted molar refractivity (Wildman–Crippen MR) is 69.3 cm³/mol. The highest BCUT2D eigenvalue weighted by Crippen LogP contribution is 2.29. The Balaban J connectivity index is 1.85.